The molecule has 26 heavy (non-hydrogen) atoms. The molecule has 1 aliphatic heterocycles. The van der Waals surface area contributed by atoms with E-state index in [1.54, 1.807) is 30.6 Å². The van der Waals surface area contributed by atoms with Crippen molar-refractivity contribution in [3.05, 3.63) is 59.9 Å². The van der Waals surface area contributed by atoms with Gasteiger partial charge in [-0.1, -0.05) is 12.1 Å². The highest BCUT2D eigenvalue weighted by molar-refractivity contribution is 7.89. The van der Waals surface area contributed by atoms with Crippen LogP contribution < -0.4 is 5.32 Å². The molecular formula is C18H21N3O4S. The fourth-order valence-corrected chi connectivity index (χ4v) is 4.28. The van der Waals surface area contributed by atoms with E-state index in [9.17, 15) is 13.2 Å². The van der Waals surface area contributed by atoms with Crippen LogP contribution in [0.4, 0.5) is 0 Å². The number of nitrogens with zero attached hydrogens (tertiary/aromatic N) is 2. The smallest absolute Gasteiger partial charge is 0.251 e. The molecule has 1 aliphatic rings. The van der Waals surface area contributed by atoms with E-state index in [0.717, 1.165) is 5.56 Å². The highest BCUT2D eigenvalue weighted by Gasteiger charge is 2.29. The number of carbonyl (C=O) groups excluding carboxylic acids is 1. The molecule has 2 aromatic rings. The van der Waals surface area contributed by atoms with Crippen LogP contribution in [0.1, 0.15) is 22.8 Å². The van der Waals surface area contributed by atoms with E-state index in [1.165, 1.54) is 16.4 Å². The van der Waals surface area contributed by atoms with Gasteiger partial charge in [0.05, 0.1) is 17.6 Å². The molecule has 1 atom stereocenters. The molecule has 0 radical (unpaired) electrons. The number of sulfonamides is 1. The van der Waals surface area contributed by atoms with Crippen molar-refractivity contribution in [3.8, 4) is 0 Å². The van der Waals surface area contributed by atoms with Crippen molar-refractivity contribution in [3.63, 3.8) is 0 Å². The molecule has 2 heterocycles. The van der Waals surface area contributed by atoms with Crippen molar-refractivity contribution in [2.45, 2.75) is 24.5 Å². The molecule has 0 bridgehead atoms. The Morgan fingerprint density at radius 2 is 2.19 bits per heavy atom. The Balaban J connectivity index is 1.74. The minimum Gasteiger partial charge on any atom is -0.376 e. The van der Waals surface area contributed by atoms with Crippen molar-refractivity contribution in [1.82, 2.24) is 14.6 Å². The maximum Gasteiger partial charge on any atom is 0.251 e. The van der Waals surface area contributed by atoms with Gasteiger partial charge in [-0.2, -0.15) is 4.31 Å². The van der Waals surface area contributed by atoms with Gasteiger partial charge in [0.1, 0.15) is 0 Å². The van der Waals surface area contributed by atoms with E-state index in [2.05, 4.69) is 10.3 Å². The van der Waals surface area contributed by atoms with Gasteiger partial charge in [0.25, 0.3) is 5.91 Å². The average molecular weight is 375 g/mol. The molecule has 8 heteroatoms. The lowest BCUT2D eigenvalue weighted by Gasteiger charge is -2.30. The molecule has 1 N–H and O–H groups in total. The molecule has 1 saturated heterocycles. The summed E-state index contributed by atoms with van der Waals surface area (Å²) in [6.07, 6.45) is 3.18. The summed E-state index contributed by atoms with van der Waals surface area (Å²) in [7, 11) is -3.65. The van der Waals surface area contributed by atoms with Crippen molar-refractivity contribution in [1.29, 1.82) is 0 Å². The molecule has 138 valence electrons. The summed E-state index contributed by atoms with van der Waals surface area (Å²) in [6.45, 7) is 3.14. The van der Waals surface area contributed by atoms with Crippen LogP contribution in [0.3, 0.4) is 0 Å². The summed E-state index contributed by atoms with van der Waals surface area (Å²) >= 11 is 0. The van der Waals surface area contributed by atoms with E-state index >= 15 is 0 Å². The maximum absolute atomic E-state index is 12.8. The first kappa shape index (κ1) is 18.5. The third kappa shape index (κ3) is 4.27. The van der Waals surface area contributed by atoms with E-state index in [4.69, 9.17) is 4.74 Å². The quantitative estimate of drug-likeness (QED) is 0.854. The first-order valence-electron chi connectivity index (χ1n) is 8.36. The number of aromatic nitrogens is 1. The maximum atomic E-state index is 12.8. The fraction of sp³-hybridized carbons (Fsp3) is 0.333. The van der Waals surface area contributed by atoms with Gasteiger partial charge < -0.3 is 10.1 Å². The second kappa shape index (κ2) is 7.94. The monoisotopic (exact) mass is 375 g/mol. The molecule has 3 rings (SSSR count). The average Bonchev–Trinajstić information content (AvgIpc) is 2.67. The summed E-state index contributed by atoms with van der Waals surface area (Å²) < 4.78 is 32.4. The summed E-state index contributed by atoms with van der Waals surface area (Å²) in [4.78, 5) is 16.5. The number of pyridine rings is 1. The molecule has 0 aliphatic carbocycles. The third-order valence-electron chi connectivity index (χ3n) is 4.11. The first-order chi connectivity index (χ1) is 12.5. The van der Waals surface area contributed by atoms with E-state index < -0.39 is 10.0 Å². The molecule has 1 unspecified atom stereocenters. The van der Waals surface area contributed by atoms with Crippen LogP contribution in [-0.2, 0) is 21.3 Å². The SMILES string of the molecule is CC1CN(S(=O)(=O)c2cccc(C(=O)NCc3cccnc3)c2)CCO1. The lowest BCUT2D eigenvalue weighted by atomic mass is 10.2. The van der Waals surface area contributed by atoms with Crippen molar-refractivity contribution in [2.24, 2.45) is 0 Å². The van der Waals surface area contributed by atoms with Gasteiger partial charge in [-0.15, -0.1) is 0 Å². The van der Waals surface area contributed by atoms with Crippen molar-refractivity contribution >= 4 is 15.9 Å². The molecular weight excluding hydrogens is 354 g/mol. The molecule has 7 nitrogen and oxygen atoms in total. The summed E-state index contributed by atoms with van der Waals surface area (Å²) in [5.41, 5.74) is 1.17. The normalized spacial score (nSPS) is 18.4. The molecule has 1 aromatic carbocycles. The molecule has 1 fully saturated rings. The Hall–Kier alpha value is -2.29. The van der Waals surface area contributed by atoms with Crippen LogP contribution in [0.2, 0.25) is 0 Å². The van der Waals surface area contributed by atoms with Gasteiger partial charge in [0.2, 0.25) is 10.0 Å². The minimum absolute atomic E-state index is 0.112. The Labute approximate surface area is 153 Å². The summed E-state index contributed by atoms with van der Waals surface area (Å²) in [5, 5.41) is 2.77. The Kier molecular flexibility index (Phi) is 5.65. The second-order valence-corrected chi connectivity index (χ2v) is 8.05. The number of hydrogen-bond acceptors (Lipinski definition) is 5. The summed E-state index contributed by atoms with van der Waals surface area (Å²) in [6, 6.07) is 9.74. The number of ether oxygens (including phenoxy) is 1. The zero-order valence-corrected chi connectivity index (χ0v) is 15.3. The number of rotatable bonds is 5. The zero-order valence-electron chi connectivity index (χ0n) is 14.5. The molecule has 1 aromatic heterocycles. The minimum atomic E-state index is -3.65. The molecule has 0 spiro atoms. The Bertz CT molecular complexity index is 871. The van der Waals surface area contributed by atoms with Crippen LogP contribution in [0.25, 0.3) is 0 Å². The van der Waals surface area contributed by atoms with E-state index in [1.807, 2.05) is 13.0 Å². The number of carbonyl (C=O) groups is 1. The summed E-state index contributed by atoms with van der Waals surface area (Å²) in [5.74, 6) is -0.332. The second-order valence-electron chi connectivity index (χ2n) is 6.12. The predicted molar refractivity (Wildman–Crippen MR) is 96.0 cm³/mol. The number of amides is 1. The van der Waals surface area contributed by atoms with Gasteiger partial charge in [-0.3, -0.25) is 9.78 Å². The van der Waals surface area contributed by atoms with Crippen molar-refractivity contribution < 1.29 is 17.9 Å². The predicted octanol–water partition coefficient (Wildman–Crippen LogP) is 1.42. The van der Waals surface area contributed by atoms with Gasteiger partial charge in [0, 0.05) is 37.6 Å². The first-order valence-corrected chi connectivity index (χ1v) is 9.80. The van der Waals surface area contributed by atoms with Gasteiger partial charge in [0.15, 0.2) is 0 Å². The topological polar surface area (TPSA) is 88.6 Å². The Morgan fingerprint density at radius 1 is 1.35 bits per heavy atom. The lowest BCUT2D eigenvalue weighted by molar-refractivity contribution is 0.0102. The lowest BCUT2D eigenvalue weighted by Crippen LogP contribution is -2.44. The van der Waals surface area contributed by atoms with Crippen LogP contribution in [-0.4, -0.2) is 49.4 Å². The fourth-order valence-electron chi connectivity index (χ4n) is 2.74. The number of hydrogen-bond donors (Lipinski definition) is 1. The largest absolute Gasteiger partial charge is 0.376 e. The standard InChI is InChI=1S/C18H21N3O4S/c1-14-13-21(8-9-25-14)26(23,24)17-6-2-5-16(10-17)18(22)20-12-15-4-3-7-19-11-15/h2-7,10-11,14H,8-9,12-13H2,1H3,(H,20,22). The highest BCUT2D eigenvalue weighted by Crippen LogP contribution is 2.20. The number of morpholine rings is 1. The van der Waals surface area contributed by atoms with Crippen molar-refractivity contribution in [2.75, 3.05) is 19.7 Å². The molecule has 0 saturated carbocycles. The van der Waals surface area contributed by atoms with Crippen LogP contribution in [0.15, 0.2) is 53.7 Å². The van der Waals surface area contributed by atoms with Gasteiger partial charge in [-0.25, -0.2) is 8.42 Å². The molecule has 1 amide bonds. The third-order valence-corrected chi connectivity index (χ3v) is 5.97. The number of benzene rings is 1. The van der Waals surface area contributed by atoms with E-state index in [-0.39, 0.29) is 16.9 Å². The highest BCUT2D eigenvalue weighted by atomic mass is 32.2. The zero-order chi connectivity index (χ0) is 18.6. The van der Waals surface area contributed by atoms with Crippen LogP contribution in [0.5, 0.6) is 0 Å². The Morgan fingerprint density at radius 3 is 2.92 bits per heavy atom. The van der Waals surface area contributed by atoms with Gasteiger partial charge in [-0.05, 0) is 36.8 Å². The number of nitrogens with one attached hydrogen (secondary N) is 1. The van der Waals surface area contributed by atoms with Crippen LogP contribution >= 0.6 is 0 Å². The van der Waals surface area contributed by atoms with Gasteiger partial charge >= 0.3 is 0 Å². The van der Waals surface area contributed by atoms with Crippen LogP contribution in [0, 0.1) is 0 Å². The van der Waals surface area contributed by atoms with E-state index in [0.29, 0.717) is 31.8 Å².